The molecule has 0 aromatic heterocycles. The van der Waals surface area contributed by atoms with Crippen LogP contribution in [0.2, 0.25) is 0 Å². The van der Waals surface area contributed by atoms with Gasteiger partial charge in [-0.2, -0.15) is 0 Å². The van der Waals surface area contributed by atoms with Crippen molar-refractivity contribution in [2.45, 2.75) is 69.9 Å². The van der Waals surface area contributed by atoms with Crippen LogP contribution in [0.25, 0.3) is 0 Å². The fourth-order valence-corrected chi connectivity index (χ4v) is 4.07. The lowest BCUT2D eigenvalue weighted by atomic mass is 9.87. The second kappa shape index (κ2) is 7.04. The zero-order valence-electron chi connectivity index (χ0n) is 14.6. The van der Waals surface area contributed by atoms with E-state index in [1.54, 1.807) is 0 Å². The summed E-state index contributed by atoms with van der Waals surface area (Å²) in [5.74, 6) is 0.851. The SMILES string of the molecule is CC(C)(C(=O)NC1CCCC1)N1CCC(c2ccccc2)CC1. The van der Waals surface area contributed by atoms with Gasteiger partial charge >= 0.3 is 0 Å². The third-order valence-electron chi connectivity index (χ3n) is 5.80. The Morgan fingerprint density at radius 3 is 2.26 bits per heavy atom. The summed E-state index contributed by atoms with van der Waals surface area (Å²) in [5, 5.41) is 3.28. The Hall–Kier alpha value is -1.35. The van der Waals surface area contributed by atoms with Crippen LogP contribution in [0.4, 0.5) is 0 Å². The molecule has 23 heavy (non-hydrogen) atoms. The molecule has 0 atom stereocenters. The number of amides is 1. The van der Waals surface area contributed by atoms with Crippen molar-refractivity contribution in [1.29, 1.82) is 0 Å². The minimum Gasteiger partial charge on any atom is -0.352 e. The van der Waals surface area contributed by atoms with Gasteiger partial charge in [0, 0.05) is 6.04 Å². The summed E-state index contributed by atoms with van der Waals surface area (Å²) in [6.45, 7) is 6.18. The summed E-state index contributed by atoms with van der Waals surface area (Å²) < 4.78 is 0. The highest BCUT2D eigenvalue weighted by atomic mass is 16.2. The van der Waals surface area contributed by atoms with Crippen LogP contribution < -0.4 is 5.32 Å². The molecule has 1 aromatic carbocycles. The molecule has 3 rings (SSSR count). The molecule has 1 amide bonds. The fraction of sp³-hybridized carbons (Fsp3) is 0.650. The van der Waals surface area contributed by atoms with E-state index in [1.807, 2.05) is 0 Å². The van der Waals surface area contributed by atoms with E-state index in [2.05, 4.69) is 54.4 Å². The Balaban J connectivity index is 1.56. The standard InChI is InChI=1S/C20H30N2O/c1-20(2,19(23)21-18-10-6-7-11-18)22-14-12-17(13-15-22)16-8-4-3-5-9-16/h3-5,8-9,17-18H,6-7,10-15H2,1-2H3,(H,21,23). The summed E-state index contributed by atoms with van der Waals surface area (Å²) in [6, 6.07) is 11.2. The number of likely N-dealkylation sites (tertiary alicyclic amines) is 1. The molecule has 3 heteroatoms. The molecule has 1 heterocycles. The average molecular weight is 314 g/mol. The van der Waals surface area contributed by atoms with Gasteiger partial charge in [-0.1, -0.05) is 43.2 Å². The number of nitrogens with one attached hydrogen (secondary N) is 1. The van der Waals surface area contributed by atoms with Gasteiger partial charge in [-0.3, -0.25) is 9.69 Å². The molecular formula is C20H30N2O. The quantitative estimate of drug-likeness (QED) is 0.919. The lowest BCUT2D eigenvalue weighted by Crippen LogP contribution is -2.58. The monoisotopic (exact) mass is 314 g/mol. The highest BCUT2D eigenvalue weighted by Crippen LogP contribution is 2.31. The smallest absolute Gasteiger partial charge is 0.240 e. The molecule has 126 valence electrons. The van der Waals surface area contributed by atoms with E-state index in [1.165, 1.54) is 18.4 Å². The maximum atomic E-state index is 12.7. The van der Waals surface area contributed by atoms with Gasteiger partial charge in [-0.25, -0.2) is 0 Å². The number of nitrogens with zero attached hydrogens (tertiary/aromatic N) is 1. The van der Waals surface area contributed by atoms with Crippen LogP contribution >= 0.6 is 0 Å². The van der Waals surface area contributed by atoms with Gasteiger partial charge in [-0.15, -0.1) is 0 Å². The number of benzene rings is 1. The number of rotatable bonds is 4. The minimum absolute atomic E-state index is 0.211. The van der Waals surface area contributed by atoms with Crippen LogP contribution in [0.1, 0.15) is 63.9 Å². The maximum Gasteiger partial charge on any atom is 0.240 e. The summed E-state index contributed by atoms with van der Waals surface area (Å²) in [5.41, 5.74) is 1.05. The van der Waals surface area contributed by atoms with Crippen LogP contribution in [0.5, 0.6) is 0 Å². The van der Waals surface area contributed by atoms with E-state index < -0.39 is 5.54 Å². The van der Waals surface area contributed by atoms with Crippen molar-refractivity contribution in [3.05, 3.63) is 35.9 Å². The Bertz CT molecular complexity index is 512. The number of hydrogen-bond donors (Lipinski definition) is 1. The largest absolute Gasteiger partial charge is 0.352 e. The Morgan fingerprint density at radius 1 is 1.04 bits per heavy atom. The molecule has 0 spiro atoms. The summed E-state index contributed by atoms with van der Waals surface area (Å²) in [4.78, 5) is 15.1. The highest BCUT2D eigenvalue weighted by molar-refractivity contribution is 5.85. The predicted molar refractivity (Wildman–Crippen MR) is 94.5 cm³/mol. The number of carbonyl (C=O) groups is 1. The zero-order valence-corrected chi connectivity index (χ0v) is 14.6. The molecule has 1 aromatic rings. The maximum absolute atomic E-state index is 12.7. The van der Waals surface area contributed by atoms with Crippen LogP contribution in [0, 0.1) is 0 Å². The lowest BCUT2D eigenvalue weighted by molar-refractivity contribution is -0.133. The Labute approximate surface area is 140 Å². The van der Waals surface area contributed by atoms with Crippen molar-refractivity contribution in [3.63, 3.8) is 0 Å². The molecule has 1 aliphatic heterocycles. The lowest BCUT2D eigenvalue weighted by Gasteiger charge is -2.42. The van der Waals surface area contributed by atoms with Crippen molar-refractivity contribution in [2.75, 3.05) is 13.1 Å². The molecule has 2 fully saturated rings. The van der Waals surface area contributed by atoms with Crippen LogP contribution in [0.15, 0.2) is 30.3 Å². The Morgan fingerprint density at radius 2 is 1.65 bits per heavy atom. The van der Waals surface area contributed by atoms with Crippen molar-refractivity contribution in [2.24, 2.45) is 0 Å². The van der Waals surface area contributed by atoms with Crippen LogP contribution in [0.3, 0.4) is 0 Å². The van der Waals surface area contributed by atoms with E-state index in [9.17, 15) is 4.79 Å². The van der Waals surface area contributed by atoms with E-state index in [-0.39, 0.29) is 5.91 Å². The Kier molecular flexibility index (Phi) is 5.05. The molecule has 1 saturated heterocycles. The van der Waals surface area contributed by atoms with Gasteiger partial charge < -0.3 is 5.32 Å². The predicted octanol–water partition coefficient (Wildman–Crippen LogP) is 3.70. The molecule has 3 nitrogen and oxygen atoms in total. The number of piperidine rings is 1. The first-order chi connectivity index (χ1) is 11.1. The third-order valence-corrected chi connectivity index (χ3v) is 5.80. The molecule has 2 aliphatic rings. The molecule has 1 N–H and O–H groups in total. The van der Waals surface area contributed by atoms with Gasteiger partial charge in [0.2, 0.25) is 5.91 Å². The van der Waals surface area contributed by atoms with E-state index in [0.717, 1.165) is 38.8 Å². The molecule has 1 aliphatic carbocycles. The average Bonchev–Trinajstić information content (AvgIpc) is 3.09. The van der Waals surface area contributed by atoms with Crippen LogP contribution in [-0.4, -0.2) is 35.5 Å². The molecule has 0 radical (unpaired) electrons. The summed E-state index contributed by atoms with van der Waals surface area (Å²) in [6.07, 6.45) is 7.10. The van der Waals surface area contributed by atoms with E-state index >= 15 is 0 Å². The highest BCUT2D eigenvalue weighted by Gasteiger charge is 2.37. The normalized spacial score (nSPS) is 21.5. The first-order valence-corrected chi connectivity index (χ1v) is 9.18. The topological polar surface area (TPSA) is 32.3 Å². The fourth-order valence-electron chi connectivity index (χ4n) is 4.07. The summed E-state index contributed by atoms with van der Waals surface area (Å²) >= 11 is 0. The zero-order chi connectivity index (χ0) is 16.3. The van der Waals surface area contributed by atoms with Crippen molar-refractivity contribution < 1.29 is 4.79 Å². The van der Waals surface area contributed by atoms with Gasteiger partial charge in [-0.05, 0) is 64.1 Å². The molecule has 1 saturated carbocycles. The van der Waals surface area contributed by atoms with E-state index in [4.69, 9.17) is 0 Å². The first kappa shape index (κ1) is 16.5. The molecular weight excluding hydrogens is 284 g/mol. The van der Waals surface area contributed by atoms with Crippen molar-refractivity contribution in [3.8, 4) is 0 Å². The second-order valence-corrected chi connectivity index (χ2v) is 7.69. The van der Waals surface area contributed by atoms with Gasteiger partial charge in [0.15, 0.2) is 0 Å². The van der Waals surface area contributed by atoms with Crippen molar-refractivity contribution in [1.82, 2.24) is 10.2 Å². The van der Waals surface area contributed by atoms with Crippen molar-refractivity contribution >= 4 is 5.91 Å². The first-order valence-electron chi connectivity index (χ1n) is 9.18. The van der Waals surface area contributed by atoms with Gasteiger partial charge in [0.25, 0.3) is 0 Å². The van der Waals surface area contributed by atoms with Gasteiger partial charge in [0.1, 0.15) is 0 Å². The van der Waals surface area contributed by atoms with Gasteiger partial charge in [0.05, 0.1) is 5.54 Å². The number of carbonyl (C=O) groups excluding carboxylic acids is 1. The third kappa shape index (κ3) is 3.77. The van der Waals surface area contributed by atoms with E-state index in [0.29, 0.717) is 12.0 Å². The number of hydrogen-bond acceptors (Lipinski definition) is 2. The van der Waals surface area contributed by atoms with Crippen LogP contribution in [-0.2, 0) is 4.79 Å². The second-order valence-electron chi connectivity index (χ2n) is 7.69. The molecule has 0 unspecified atom stereocenters. The minimum atomic E-state index is -0.399. The molecule has 0 bridgehead atoms. The summed E-state index contributed by atoms with van der Waals surface area (Å²) in [7, 11) is 0.